The molecule has 0 fully saturated rings. The van der Waals surface area contributed by atoms with Crippen molar-refractivity contribution in [2.75, 3.05) is 0 Å². The molecule has 1 aromatic heterocycles. The minimum Gasteiger partial charge on any atom is -0.348 e. The van der Waals surface area contributed by atoms with E-state index in [0.29, 0.717) is 11.6 Å². The lowest BCUT2D eigenvalue weighted by Crippen LogP contribution is -2.09. The van der Waals surface area contributed by atoms with Crippen LogP contribution in [-0.4, -0.2) is 4.98 Å². The molecule has 0 amide bonds. The number of nitrogens with one attached hydrogen (secondary N) is 1. The minimum absolute atomic E-state index is 0.257. The summed E-state index contributed by atoms with van der Waals surface area (Å²) >= 11 is 5.61. The highest BCUT2D eigenvalue weighted by molar-refractivity contribution is 6.29. The van der Waals surface area contributed by atoms with E-state index in [-0.39, 0.29) is 6.04 Å². The highest BCUT2D eigenvalue weighted by atomic mass is 35.5. The van der Waals surface area contributed by atoms with Crippen LogP contribution in [0.1, 0.15) is 18.2 Å². The lowest BCUT2D eigenvalue weighted by Gasteiger charge is -2.02. The molecule has 4 heteroatoms. The van der Waals surface area contributed by atoms with Crippen molar-refractivity contribution in [1.82, 2.24) is 4.98 Å². The molecule has 1 aromatic rings. The average Bonchev–Trinajstić information content (AvgIpc) is 2.36. The second kappa shape index (κ2) is 3.42. The van der Waals surface area contributed by atoms with Crippen LogP contribution in [0.15, 0.2) is 12.1 Å². The summed E-state index contributed by atoms with van der Waals surface area (Å²) in [5.41, 5.74) is 6.41. The lowest BCUT2D eigenvalue weighted by molar-refractivity contribution is 0.726. The molecular weight excluding hydrogens is 162 g/mol. The Morgan fingerprint density at radius 2 is 2.45 bits per heavy atom. The molecule has 1 atom stereocenters. The van der Waals surface area contributed by atoms with E-state index >= 15 is 0 Å². The Hall–Kier alpha value is -0.980. The quantitative estimate of drug-likeness (QED) is 0.706. The molecule has 11 heavy (non-hydrogen) atoms. The Morgan fingerprint density at radius 1 is 1.73 bits per heavy atom. The van der Waals surface area contributed by atoms with E-state index in [4.69, 9.17) is 22.6 Å². The highest BCUT2D eigenvalue weighted by Crippen LogP contribution is 2.15. The zero-order valence-electron chi connectivity index (χ0n) is 5.84. The number of halogens is 1. The molecule has 0 unspecified atom stereocenters. The van der Waals surface area contributed by atoms with Crippen molar-refractivity contribution in [3.63, 3.8) is 0 Å². The van der Waals surface area contributed by atoms with E-state index in [0.717, 1.165) is 5.69 Å². The molecule has 3 nitrogen and oxygen atoms in total. The van der Waals surface area contributed by atoms with Crippen LogP contribution in [0.3, 0.4) is 0 Å². The summed E-state index contributed by atoms with van der Waals surface area (Å²) in [6.07, 6.45) is 0.302. The molecule has 0 aliphatic carbocycles. The minimum atomic E-state index is -0.257. The molecule has 0 aliphatic rings. The topological polar surface area (TPSA) is 65.6 Å². The first-order valence-corrected chi connectivity index (χ1v) is 3.59. The Balaban J connectivity index is 2.70. The number of nitrogens with zero attached hydrogens (tertiary/aromatic N) is 1. The predicted octanol–water partition coefficient (Wildman–Crippen LogP) is 1.58. The van der Waals surface area contributed by atoms with E-state index in [2.05, 4.69) is 4.98 Å². The number of nitriles is 1. The first-order chi connectivity index (χ1) is 5.24. The first kappa shape index (κ1) is 8.12. The van der Waals surface area contributed by atoms with Crippen molar-refractivity contribution in [2.24, 2.45) is 5.73 Å². The highest BCUT2D eigenvalue weighted by Gasteiger charge is 2.06. The largest absolute Gasteiger partial charge is 0.348 e. The standard InChI is InChI=1S/C7H8ClN3/c8-7-2-1-6(11-7)5(10)3-4-9/h1-2,5,11H,3,10H2/t5-/m0/s1. The molecule has 0 aliphatic heterocycles. The number of rotatable bonds is 2. The van der Waals surface area contributed by atoms with Crippen molar-refractivity contribution >= 4 is 11.6 Å². The molecule has 3 N–H and O–H groups in total. The van der Waals surface area contributed by atoms with Crippen molar-refractivity contribution in [3.05, 3.63) is 23.0 Å². The number of H-pyrrole nitrogens is 1. The third kappa shape index (κ3) is 1.97. The van der Waals surface area contributed by atoms with Crippen molar-refractivity contribution in [1.29, 1.82) is 5.26 Å². The third-order valence-electron chi connectivity index (χ3n) is 1.38. The summed E-state index contributed by atoms with van der Waals surface area (Å²) in [5, 5.41) is 8.88. The van der Waals surface area contributed by atoms with E-state index < -0.39 is 0 Å². The van der Waals surface area contributed by atoms with Crippen LogP contribution >= 0.6 is 11.6 Å². The fraction of sp³-hybridized carbons (Fsp3) is 0.286. The summed E-state index contributed by atoms with van der Waals surface area (Å²) < 4.78 is 0. The van der Waals surface area contributed by atoms with Gasteiger partial charge >= 0.3 is 0 Å². The maximum absolute atomic E-state index is 8.33. The van der Waals surface area contributed by atoms with Gasteiger partial charge in [0.1, 0.15) is 5.15 Å². The van der Waals surface area contributed by atoms with Gasteiger partial charge in [-0.25, -0.2) is 0 Å². The first-order valence-electron chi connectivity index (χ1n) is 3.21. The van der Waals surface area contributed by atoms with Crippen LogP contribution < -0.4 is 5.73 Å². The maximum Gasteiger partial charge on any atom is 0.106 e. The van der Waals surface area contributed by atoms with Gasteiger partial charge in [0.25, 0.3) is 0 Å². The number of hydrogen-bond donors (Lipinski definition) is 2. The second-order valence-corrected chi connectivity index (χ2v) is 2.64. The SMILES string of the molecule is N#CC[C@H](N)c1ccc(Cl)[nH]1. The number of aromatic nitrogens is 1. The number of aromatic amines is 1. The van der Waals surface area contributed by atoms with Crippen molar-refractivity contribution < 1.29 is 0 Å². The molecule has 0 bridgehead atoms. The van der Waals surface area contributed by atoms with Crippen LogP contribution in [0, 0.1) is 11.3 Å². The van der Waals surface area contributed by atoms with Gasteiger partial charge in [-0.2, -0.15) is 5.26 Å². The molecule has 1 rings (SSSR count). The summed E-state index contributed by atoms with van der Waals surface area (Å²) in [6.45, 7) is 0. The zero-order valence-corrected chi connectivity index (χ0v) is 6.60. The lowest BCUT2D eigenvalue weighted by atomic mass is 10.2. The van der Waals surface area contributed by atoms with Gasteiger partial charge in [0, 0.05) is 5.69 Å². The summed E-state index contributed by atoms with van der Waals surface area (Å²) in [4.78, 5) is 2.85. The van der Waals surface area contributed by atoms with Crippen LogP contribution in [0.2, 0.25) is 5.15 Å². The molecule has 58 valence electrons. The van der Waals surface area contributed by atoms with Crippen LogP contribution in [-0.2, 0) is 0 Å². The Morgan fingerprint density at radius 3 is 2.91 bits per heavy atom. The predicted molar refractivity (Wildman–Crippen MR) is 43.0 cm³/mol. The van der Waals surface area contributed by atoms with E-state index in [1.807, 2.05) is 6.07 Å². The molecule has 1 heterocycles. The van der Waals surface area contributed by atoms with Crippen LogP contribution in [0.4, 0.5) is 0 Å². The van der Waals surface area contributed by atoms with Crippen molar-refractivity contribution in [3.8, 4) is 6.07 Å². The number of nitrogens with two attached hydrogens (primary N) is 1. The molecule has 0 spiro atoms. The average molecular weight is 170 g/mol. The molecule has 0 saturated heterocycles. The van der Waals surface area contributed by atoms with Crippen LogP contribution in [0.25, 0.3) is 0 Å². The van der Waals surface area contributed by atoms with Gasteiger partial charge in [-0.15, -0.1) is 0 Å². The van der Waals surface area contributed by atoms with Gasteiger partial charge in [0.2, 0.25) is 0 Å². The zero-order chi connectivity index (χ0) is 8.27. The van der Waals surface area contributed by atoms with Gasteiger partial charge in [-0.3, -0.25) is 0 Å². The number of hydrogen-bond acceptors (Lipinski definition) is 2. The fourth-order valence-corrected chi connectivity index (χ4v) is 0.981. The van der Waals surface area contributed by atoms with E-state index in [9.17, 15) is 0 Å². The Bertz CT molecular complexity index is 273. The monoisotopic (exact) mass is 169 g/mol. The molecular formula is C7H8ClN3. The summed E-state index contributed by atoms with van der Waals surface area (Å²) in [5.74, 6) is 0. The molecule has 0 radical (unpaired) electrons. The third-order valence-corrected chi connectivity index (χ3v) is 1.60. The van der Waals surface area contributed by atoms with Crippen LogP contribution in [0.5, 0.6) is 0 Å². The molecule has 0 aromatic carbocycles. The maximum atomic E-state index is 8.33. The fourth-order valence-electron chi connectivity index (χ4n) is 0.809. The smallest absolute Gasteiger partial charge is 0.106 e. The molecule has 0 saturated carbocycles. The van der Waals surface area contributed by atoms with Gasteiger partial charge in [-0.05, 0) is 12.1 Å². The van der Waals surface area contributed by atoms with Crippen molar-refractivity contribution in [2.45, 2.75) is 12.5 Å². The second-order valence-electron chi connectivity index (χ2n) is 2.23. The Labute approximate surface area is 69.8 Å². The van der Waals surface area contributed by atoms with E-state index in [1.54, 1.807) is 12.1 Å². The summed E-state index contributed by atoms with van der Waals surface area (Å²) in [6, 6.07) is 5.23. The van der Waals surface area contributed by atoms with Gasteiger partial charge in [-0.1, -0.05) is 11.6 Å². The van der Waals surface area contributed by atoms with Gasteiger partial charge in [0.05, 0.1) is 18.5 Å². The van der Waals surface area contributed by atoms with E-state index in [1.165, 1.54) is 0 Å². The van der Waals surface area contributed by atoms with Gasteiger partial charge < -0.3 is 10.7 Å². The Kier molecular flexibility index (Phi) is 2.53. The van der Waals surface area contributed by atoms with Gasteiger partial charge in [0.15, 0.2) is 0 Å². The summed E-state index contributed by atoms with van der Waals surface area (Å²) in [7, 11) is 0. The normalized spacial score (nSPS) is 12.5.